The number of halogens is 1. The largest absolute Gasteiger partial charge is 0.480 e. The van der Waals surface area contributed by atoms with E-state index in [4.69, 9.17) is 26.2 Å². The van der Waals surface area contributed by atoms with Gasteiger partial charge in [-0.2, -0.15) is 0 Å². The molecule has 0 radical (unpaired) electrons. The Hall–Kier alpha value is -1.63. The van der Waals surface area contributed by atoms with Crippen molar-refractivity contribution in [3.05, 3.63) is 34.9 Å². The highest BCUT2D eigenvalue weighted by molar-refractivity contribution is 6.31. The van der Waals surface area contributed by atoms with E-state index >= 15 is 0 Å². The molecular weight excluding hydrogens is 322 g/mol. The molecule has 23 heavy (non-hydrogen) atoms. The van der Waals surface area contributed by atoms with Crippen molar-refractivity contribution in [3.8, 4) is 0 Å². The third-order valence-electron chi connectivity index (χ3n) is 3.93. The summed E-state index contributed by atoms with van der Waals surface area (Å²) >= 11 is 6.30. The lowest BCUT2D eigenvalue weighted by Gasteiger charge is -2.36. The monoisotopic (exact) mass is 341 g/mol. The van der Waals surface area contributed by atoms with E-state index in [1.54, 1.807) is 6.07 Å². The first-order chi connectivity index (χ1) is 11.1. The van der Waals surface area contributed by atoms with Gasteiger partial charge >= 0.3 is 5.97 Å². The molecule has 0 aliphatic carbocycles. The molecule has 0 spiro atoms. The summed E-state index contributed by atoms with van der Waals surface area (Å²) in [6.07, 6.45) is 1.11. The molecule has 0 unspecified atom stereocenters. The third-order valence-corrected chi connectivity index (χ3v) is 4.26. The summed E-state index contributed by atoms with van der Waals surface area (Å²) < 4.78 is 10.3. The van der Waals surface area contributed by atoms with Crippen LogP contribution in [0.5, 0.6) is 0 Å². The number of amides is 1. The molecular formula is C16H20ClNO5. The van der Waals surface area contributed by atoms with Crippen LogP contribution >= 0.6 is 11.6 Å². The van der Waals surface area contributed by atoms with Crippen LogP contribution in [0.15, 0.2) is 24.3 Å². The quantitative estimate of drug-likeness (QED) is 0.736. The number of aliphatic carboxylic acids is 1. The lowest BCUT2D eigenvalue weighted by Crippen LogP contribution is -2.49. The van der Waals surface area contributed by atoms with Gasteiger partial charge in [0, 0.05) is 24.8 Å². The Bertz CT molecular complexity index is 557. The van der Waals surface area contributed by atoms with Crippen molar-refractivity contribution < 1.29 is 24.2 Å². The molecule has 0 saturated carbocycles. The van der Waals surface area contributed by atoms with Crippen LogP contribution < -0.4 is 5.32 Å². The van der Waals surface area contributed by atoms with Crippen LogP contribution in [0, 0.1) is 0 Å². The number of carboxylic acid groups (broad SMARTS) is 1. The van der Waals surface area contributed by atoms with Crippen molar-refractivity contribution in [3.63, 3.8) is 0 Å². The van der Waals surface area contributed by atoms with Crippen molar-refractivity contribution in [1.82, 2.24) is 5.32 Å². The maximum Gasteiger partial charge on any atom is 0.329 e. The van der Waals surface area contributed by atoms with Crippen LogP contribution in [0.2, 0.25) is 5.02 Å². The van der Waals surface area contributed by atoms with E-state index in [1.165, 1.54) is 0 Å². The molecule has 2 rings (SSSR count). The maximum atomic E-state index is 12.8. The van der Waals surface area contributed by atoms with E-state index in [-0.39, 0.29) is 25.7 Å². The van der Waals surface area contributed by atoms with Crippen LogP contribution in [-0.4, -0.2) is 50.0 Å². The van der Waals surface area contributed by atoms with Gasteiger partial charge in [-0.25, -0.2) is 4.79 Å². The fourth-order valence-corrected chi connectivity index (χ4v) is 3.07. The second-order valence-electron chi connectivity index (χ2n) is 5.38. The lowest BCUT2D eigenvalue weighted by atomic mass is 9.73. The van der Waals surface area contributed by atoms with E-state index in [2.05, 4.69) is 5.32 Å². The molecule has 1 heterocycles. The maximum absolute atomic E-state index is 12.8. The summed E-state index contributed by atoms with van der Waals surface area (Å²) in [6, 6.07) is 7.34. The van der Waals surface area contributed by atoms with Gasteiger partial charge in [0.05, 0.1) is 12.0 Å². The predicted octanol–water partition coefficient (Wildman–Crippen LogP) is 1.61. The molecule has 0 bridgehead atoms. The molecule has 1 fully saturated rings. The third kappa shape index (κ3) is 4.43. The zero-order valence-electron chi connectivity index (χ0n) is 12.7. The average molecular weight is 342 g/mol. The molecule has 2 N–H and O–H groups in total. The first-order valence-corrected chi connectivity index (χ1v) is 7.85. The number of nitrogens with one attached hydrogen (secondary N) is 1. The number of rotatable bonds is 7. The van der Waals surface area contributed by atoms with Crippen molar-refractivity contribution >= 4 is 23.5 Å². The molecule has 1 saturated heterocycles. The molecule has 1 aliphatic rings. The predicted molar refractivity (Wildman–Crippen MR) is 84.6 cm³/mol. The number of carboxylic acids is 1. The topological polar surface area (TPSA) is 84.9 Å². The van der Waals surface area contributed by atoms with E-state index < -0.39 is 11.4 Å². The van der Waals surface area contributed by atoms with E-state index in [1.807, 2.05) is 18.2 Å². The van der Waals surface area contributed by atoms with E-state index in [0.717, 1.165) is 5.56 Å². The standard InChI is InChI=1S/C16H20ClNO5/c17-13-4-2-1-3-12(13)16(5-8-22-9-6-16)15(21)18-7-10-23-11-14(19)20/h1-4H,5-11H2,(H,18,21)(H,19,20). The number of carbonyl (C=O) groups excluding carboxylic acids is 1. The van der Waals surface area contributed by atoms with Crippen LogP contribution in [0.25, 0.3) is 0 Å². The second-order valence-corrected chi connectivity index (χ2v) is 5.78. The normalized spacial score (nSPS) is 16.7. The summed E-state index contributed by atoms with van der Waals surface area (Å²) in [5.41, 5.74) is 0.0811. The minimum atomic E-state index is -1.03. The van der Waals surface area contributed by atoms with Gasteiger partial charge in [-0.05, 0) is 24.5 Å². The van der Waals surface area contributed by atoms with Gasteiger partial charge < -0.3 is 19.9 Å². The summed E-state index contributed by atoms with van der Waals surface area (Å²) in [5, 5.41) is 11.9. The first kappa shape index (κ1) is 17.7. The van der Waals surface area contributed by atoms with Crippen molar-refractivity contribution in [2.24, 2.45) is 0 Å². The fraction of sp³-hybridized carbons (Fsp3) is 0.500. The van der Waals surface area contributed by atoms with Crippen LogP contribution in [0.4, 0.5) is 0 Å². The van der Waals surface area contributed by atoms with Crippen LogP contribution in [-0.2, 0) is 24.5 Å². The molecule has 1 aliphatic heterocycles. The highest BCUT2D eigenvalue weighted by Gasteiger charge is 2.42. The summed E-state index contributed by atoms with van der Waals surface area (Å²) in [6.45, 7) is 1.01. The van der Waals surface area contributed by atoms with E-state index in [0.29, 0.717) is 31.1 Å². The smallest absolute Gasteiger partial charge is 0.329 e. The zero-order valence-corrected chi connectivity index (χ0v) is 13.5. The van der Waals surface area contributed by atoms with Crippen LogP contribution in [0.3, 0.4) is 0 Å². The van der Waals surface area contributed by atoms with E-state index in [9.17, 15) is 9.59 Å². The molecule has 0 aromatic heterocycles. The van der Waals surface area contributed by atoms with Gasteiger partial charge in [-0.15, -0.1) is 0 Å². The Labute approximate surface area is 139 Å². The highest BCUT2D eigenvalue weighted by Crippen LogP contribution is 2.38. The van der Waals surface area contributed by atoms with Crippen molar-refractivity contribution in [2.45, 2.75) is 18.3 Å². The number of hydrogen-bond donors (Lipinski definition) is 2. The number of carbonyl (C=O) groups is 2. The van der Waals surface area contributed by atoms with Gasteiger partial charge in [0.15, 0.2) is 0 Å². The first-order valence-electron chi connectivity index (χ1n) is 7.47. The highest BCUT2D eigenvalue weighted by atomic mass is 35.5. The molecule has 1 aromatic rings. The lowest BCUT2D eigenvalue weighted by molar-refractivity contribution is -0.142. The molecule has 1 aromatic carbocycles. The number of ether oxygens (including phenoxy) is 2. The molecule has 126 valence electrons. The van der Waals surface area contributed by atoms with Gasteiger partial charge in [-0.1, -0.05) is 29.8 Å². The summed E-state index contributed by atoms with van der Waals surface area (Å²) in [7, 11) is 0. The average Bonchev–Trinajstić information content (AvgIpc) is 2.55. The number of hydrogen-bond acceptors (Lipinski definition) is 4. The Kier molecular flexibility index (Phi) is 6.38. The Morgan fingerprint density at radius 3 is 2.65 bits per heavy atom. The Balaban J connectivity index is 2.05. The van der Waals surface area contributed by atoms with Crippen molar-refractivity contribution in [1.29, 1.82) is 0 Å². The van der Waals surface area contributed by atoms with Gasteiger partial charge in [0.1, 0.15) is 6.61 Å². The number of benzene rings is 1. The Morgan fingerprint density at radius 2 is 2.00 bits per heavy atom. The minimum Gasteiger partial charge on any atom is -0.480 e. The second kappa shape index (κ2) is 8.29. The zero-order chi connectivity index (χ0) is 16.7. The minimum absolute atomic E-state index is 0.132. The SMILES string of the molecule is O=C(O)COCCNC(=O)C1(c2ccccc2Cl)CCOCC1. The summed E-state index contributed by atoms with van der Waals surface area (Å²) in [5.74, 6) is -1.17. The fourth-order valence-electron chi connectivity index (χ4n) is 2.75. The molecule has 7 heteroatoms. The summed E-state index contributed by atoms with van der Waals surface area (Å²) in [4.78, 5) is 23.1. The molecule has 1 amide bonds. The Morgan fingerprint density at radius 1 is 1.30 bits per heavy atom. The molecule has 0 atom stereocenters. The van der Waals surface area contributed by atoms with Gasteiger partial charge in [-0.3, -0.25) is 4.79 Å². The van der Waals surface area contributed by atoms with Crippen molar-refractivity contribution in [2.75, 3.05) is 33.0 Å². The van der Waals surface area contributed by atoms with Crippen LogP contribution in [0.1, 0.15) is 18.4 Å². The van der Waals surface area contributed by atoms with Gasteiger partial charge in [0.2, 0.25) is 5.91 Å². The molecule has 6 nitrogen and oxygen atoms in total. The van der Waals surface area contributed by atoms with Gasteiger partial charge in [0.25, 0.3) is 0 Å².